The number of nitrogens with zero attached hydrogens (tertiary/aromatic N) is 1. The summed E-state index contributed by atoms with van der Waals surface area (Å²) < 4.78 is 8.85. The van der Waals surface area contributed by atoms with Crippen molar-refractivity contribution >= 4 is 43.7 Å². The zero-order valence-electron chi connectivity index (χ0n) is 24.9. The van der Waals surface area contributed by atoms with Gasteiger partial charge in [-0.25, -0.2) is 0 Å². The summed E-state index contributed by atoms with van der Waals surface area (Å²) in [6.45, 7) is 2.19. The van der Waals surface area contributed by atoms with Gasteiger partial charge in [0.1, 0.15) is 11.2 Å². The lowest BCUT2D eigenvalue weighted by molar-refractivity contribution is 0.670. The van der Waals surface area contributed by atoms with E-state index in [1.54, 1.807) is 0 Å². The average molecular weight is 576 g/mol. The summed E-state index contributed by atoms with van der Waals surface area (Å²) in [5.74, 6) is 0. The molecule has 0 aliphatic carbocycles. The van der Waals surface area contributed by atoms with Gasteiger partial charge in [0.25, 0.3) is 0 Å². The molecule has 0 N–H and O–H groups in total. The van der Waals surface area contributed by atoms with Gasteiger partial charge in [-0.15, -0.1) is 0 Å². The van der Waals surface area contributed by atoms with Crippen molar-refractivity contribution in [1.82, 2.24) is 4.57 Å². The van der Waals surface area contributed by atoms with Crippen molar-refractivity contribution in [2.24, 2.45) is 0 Å². The minimum Gasteiger partial charge on any atom is -0.455 e. The zero-order valence-corrected chi connectivity index (χ0v) is 24.9. The Labute approximate surface area is 261 Å². The molecule has 0 saturated heterocycles. The van der Waals surface area contributed by atoms with E-state index in [1.807, 2.05) is 12.1 Å². The normalized spacial score (nSPS) is 11.7. The highest BCUT2D eigenvalue weighted by atomic mass is 16.3. The minimum atomic E-state index is 0.917. The van der Waals surface area contributed by atoms with Gasteiger partial charge >= 0.3 is 0 Å². The van der Waals surface area contributed by atoms with Crippen molar-refractivity contribution in [2.45, 2.75) is 6.92 Å². The van der Waals surface area contributed by atoms with E-state index in [0.717, 1.165) is 38.8 Å². The second-order valence-corrected chi connectivity index (χ2v) is 11.8. The molecule has 7 aromatic carbocycles. The van der Waals surface area contributed by atoms with E-state index >= 15 is 0 Å². The minimum absolute atomic E-state index is 0.917. The van der Waals surface area contributed by atoms with Gasteiger partial charge < -0.3 is 8.98 Å². The first-order valence-corrected chi connectivity index (χ1v) is 15.4. The van der Waals surface area contributed by atoms with Gasteiger partial charge in [0.05, 0.1) is 11.0 Å². The summed E-state index contributed by atoms with van der Waals surface area (Å²) in [5.41, 5.74) is 13.7. The molecule has 0 amide bonds. The standard InChI is InChI=1S/C43H29NO/c1-28-12-5-6-15-34(28)32-24-31(29-13-3-2-4-14-29)25-33(26-32)44-40-20-9-7-16-36(40)39-27-30(22-23-41(39)44)35-18-11-19-38-37-17-8-10-21-42(37)45-43(35)38/h2-27H,1H3. The number of rotatable bonds is 4. The summed E-state index contributed by atoms with van der Waals surface area (Å²) in [4.78, 5) is 0. The van der Waals surface area contributed by atoms with Crippen molar-refractivity contribution in [3.63, 3.8) is 0 Å². The summed E-state index contributed by atoms with van der Waals surface area (Å²) in [6, 6.07) is 56.6. The monoisotopic (exact) mass is 575 g/mol. The molecule has 0 fully saturated rings. The van der Waals surface area contributed by atoms with Crippen LogP contribution in [0, 0.1) is 6.92 Å². The first-order valence-electron chi connectivity index (χ1n) is 15.4. The van der Waals surface area contributed by atoms with E-state index in [4.69, 9.17) is 4.42 Å². The highest BCUT2D eigenvalue weighted by Crippen LogP contribution is 2.40. The Kier molecular flexibility index (Phi) is 5.76. The average Bonchev–Trinajstić information content (AvgIpc) is 3.64. The van der Waals surface area contributed by atoms with Crippen molar-refractivity contribution in [2.75, 3.05) is 0 Å². The number of hydrogen-bond donors (Lipinski definition) is 0. The molecule has 0 saturated carbocycles. The third kappa shape index (κ3) is 4.11. The fraction of sp³-hybridized carbons (Fsp3) is 0.0233. The third-order valence-electron chi connectivity index (χ3n) is 9.13. The van der Waals surface area contributed by atoms with Crippen molar-refractivity contribution in [3.05, 3.63) is 163 Å². The highest BCUT2D eigenvalue weighted by molar-refractivity contribution is 6.13. The Morgan fingerprint density at radius 3 is 2.00 bits per heavy atom. The van der Waals surface area contributed by atoms with Crippen molar-refractivity contribution in [3.8, 4) is 39.1 Å². The molecule has 9 rings (SSSR count). The molecule has 2 nitrogen and oxygen atoms in total. The van der Waals surface area contributed by atoms with Crippen LogP contribution in [0.5, 0.6) is 0 Å². The van der Waals surface area contributed by atoms with Gasteiger partial charge in [0.15, 0.2) is 0 Å². The van der Waals surface area contributed by atoms with Gasteiger partial charge in [-0.05, 0) is 82.8 Å². The van der Waals surface area contributed by atoms with Crippen LogP contribution in [-0.4, -0.2) is 4.57 Å². The zero-order chi connectivity index (χ0) is 29.9. The Morgan fingerprint density at radius 1 is 0.422 bits per heavy atom. The number of hydrogen-bond acceptors (Lipinski definition) is 1. The molecule has 0 aliphatic rings. The number of furan rings is 1. The van der Waals surface area contributed by atoms with Crippen LogP contribution in [0.2, 0.25) is 0 Å². The predicted molar refractivity (Wildman–Crippen MR) is 189 cm³/mol. The number of aryl methyl sites for hydroxylation is 1. The number of para-hydroxylation sites is 3. The van der Waals surface area contributed by atoms with Gasteiger partial charge in [0, 0.05) is 32.8 Å². The fourth-order valence-electron chi connectivity index (χ4n) is 6.98. The molecule has 2 heterocycles. The molecule has 45 heavy (non-hydrogen) atoms. The Bertz CT molecular complexity index is 2550. The van der Waals surface area contributed by atoms with Crippen LogP contribution in [0.15, 0.2) is 162 Å². The van der Waals surface area contributed by atoms with Gasteiger partial charge in [-0.3, -0.25) is 0 Å². The van der Waals surface area contributed by atoms with Crippen LogP contribution in [0.25, 0.3) is 82.8 Å². The lowest BCUT2D eigenvalue weighted by Gasteiger charge is -2.15. The Morgan fingerprint density at radius 2 is 1.11 bits per heavy atom. The smallest absolute Gasteiger partial charge is 0.143 e. The molecule has 0 aliphatic heterocycles. The molecule has 0 bridgehead atoms. The van der Waals surface area contributed by atoms with Crippen LogP contribution in [-0.2, 0) is 0 Å². The second kappa shape index (κ2) is 10.1. The maximum absolute atomic E-state index is 6.43. The molecule has 212 valence electrons. The quantitative estimate of drug-likeness (QED) is 0.204. The first kappa shape index (κ1) is 25.6. The molecule has 0 unspecified atom stereocenters. The molecule has 0 spiro atoms. The van der Waals surface area contributed by atoms with Gasteiger partial charge in [-0.1, -0.05) is 115 Å². The molecule has 2 heteroatoms. The van der Waals surface area contributed by atoms with E-state index in [-0.39, 0.29) is 0 Å². The molecular formula is C43H29NO. The van der Waals surface area contributed by atoms with Gasteiger partial charge in [0.2, 0.25) is 0 Å². The summed E-state index contributed by atoms with van der Waals surface area (Å²) in [7, 11) is 0. The summed E-state index contributed by atoms with van der Waals surface area (Å²) in [6.07, 6.45) is 0. The van der Waals surface area contributed by atoms with E-state index < -0.39 is 0 Å². The lowest BCUT2D eigenvalue weighted by atomic mass is 9.95. The fourth-order valence-corrected chi connectivity index (χ4v) is 6.98. The maximum Gasteiger partial charge on any atom is 0.143 e. The SMILES string of the molecule is Cc1ccccc1-c1cc(-c2ccccc2)cc(-n2c3ccccc3c3cc(-c4cccc5c4oc4ccccc45)ccc32)c1. The van der Waals surface area contributed by atoms with Gasteiger partial charge in [-0.2, -0.15) is 0 Å². The molecule has 0 atom stereocenters. The van der Waals surface area contributed by atoms with E-state index in [9.17, 15) is 0 Å². The summed E-state index contributed by atoms with van der Waals surface area (Å²) in [5, 5.41) is 4.74. The molecular weight excluding hydrogens is 546 g/mol. The largest absolute Gasteiger partial charge is 0.455 e. The lowest BCUT2D eigenvalue weighted by Crippen LogP contribution is -1.96. The van der Waals surface area contributed by atoms with E-state index in [1.165, 1.54) is 49.6 Å². The van der Waals surface area contributed by atoms with Crippen LogP contribution in [0.1, 0.15) is 5.56 Å². The van der Waals surface area contributed by atoms with Crippen molar-refractivity contribution < 1.29 is 4.42 Å². The van der Waals surface area contributed by atoms with E-state index in [0.29, 0.717) is 0 Å². The Hall–Kier alpha value is -5.86. The molecule has 2 aromatic heterocycles. The molecule has 9 aromatic rings. The number of aromatic nitrogens is 1. The molecule has 0 radical (unpaired) electrons. The maximum atomic E-state index is 6.43. The topological polar surface area (TPSA) is 18.1 Å². The van der Waals surface area contributed by atoms with Crippen LogP contribution < -0.4 is 0 Å². The highest BCUT2D eigenvalue weighted by Gasteiger charge is 2.17. The van der Waals surface area contributed by atoms with Crippen LogP contribution in [0.3, 0.4) is 0 Å². The first-order chi connectivity index (χ1) is 22.2. The number of fused-ring (bicyclic) bond motifs is 6. The predicted octanol–water partition coefficient (Wildman–Crippen LogP) is 12.0. The van der Waals surface area contributed by atoms with Crippen LogP contribution >= 0.6 is 0 Å². The summed E-state index contributed by atoms with van der Waals surface area (Å²) >= 11 is 0. The third-order valence-corrected chi connectivity index (χ3v) is 9.13. The Balaban J connectivity index is 1.30. The van der Waals surface area contributed by atoms with E-state index in [2.05, 4.69) is 157 Å². The number of benzene rings is 7. The van der Waals surface area contributed by atoms with Crippen molar-refractivity contribution in [1.29, 1.82) is 0 Å². The van der Waals surface area contributed by atoms with Crippen LogP contribution in [0.4, 0.5) is 0 Å². The second-order valence-electron chi connectivity index (χ2n) is 11.8.